The van der Waals surface area contributed by atoms with Gasteiger partial charge in [0, 0.05) is 22.8 Å². The van der Waals surface area contributed by atoms with Crippen molar-refractivity contribution in [3.8, 4) is 11.3 Å². The van der Waals surface area contributed by atoms with E-state index < -0.39 is 0 Å². The molecule has 0 bridgehead atoms. The lowest BCUT2D eigenvalue weighted by molar-refractivity contribution is 1.13. The number of benzene rings is 1. The Morgan fingerprint density at radius 2 is 2.00 bits per heavy atom. The third-order valence-corrected chi connectivity index (χ3v) is 4.00. The lowest BCUT2D eigenvalue weighted by Gasteiger charge is -1.98. The van der Waals surface area contributed by atoms with Crippen molar-refractivity contribution >= 4 is 16.3 Å². The second-order valence-corrected chi connectivity index (χ2v) is 5.04. The van der Waals surface area contributed by atoms with Crippen molar-refractivity contribution in [2.45, 2.75) is 20.3 Å². The lowest BCUT2D eigenvalue weighted by atomic mass is 10.1. The molecule has 0 amide bonds. The number of thiazole rings is 1. The average Bonchev–Trinajstić information content (AvgIpc) is 2.92. The largest absolute Gasteiger partial charge is 0.294 e. The van der Waals surface area contributed by atoms with Gasteiger partial charge in [0.15, 0.2) is 4.96 Å². The molecule has 2 heterocycles. The molecule has 2 aromatic heterocycles. The minimum atomic E-state index is 1.06. The summed E-state index contributed by atoms with van der Waals surface area (Å²) in [5, 5.41) is 2.13. The summed E-state index contributed by atoms with van der Waals surface area (Å²) >= 11 is 1.69. The van der Waals surface area contributed by atoms with Crippen molar-refractivity contribution in [1.29, 1.82) is 0 Å². The highest BCUT2D eigenvalue weighted by Crippen LogP contribution is 2.23. The normalized spacial score (nSPS) is 11.2. The van der Waals surface area contributed by atoms with Crippen molar-refractivity contribution in [3.63, 3.8) is 0 Å². The number of imidazole rings is 1. The Labute approximate surface area is 105 Å². The van der Waals surface area contributed by atoms with E-state index in [9.17, 15) is 0 Å². The van der Waals surface area contributed by atoms with Gasteiger partial charge >= 0.3 is 0 Å². The molecule has 0 aliphatic carbocycles. The number of hydrogen-bond acceptors (Lipinski definition) is 2. The molecular formula is C14H14N2S. The number of hydrogen-bond donors (Lipinski definition) is 0. The molecule has 0 unspecified atom stereocenters. The highest BCUT2D eigenvalue weighted by Gasteiger charge is 2.06. The minimum Gasteiger partial charge on any atom is -0.294 e. The van der Waals surface area contributed by atoms with Crippen molar-refractivity contribution in [2.24, 2.45) is 0 Å². The predicted molar refractivity (Wildman–Crippen MR) is 72.6 cm³/mol. The maximum absolute atomic E-state index is 4.64. The third-order valence-electron chi connectivity index (χ3n) is 3.05. The summed E-state index contributed by atoms with van der Waals surface area (Å²) in [4.78, 5) is 5.71. The Kier molecular flexibility index (Phi) is 2.48. The van der Waals surface area contributed by atoms with E-state index in [1.807, 2.05) is 0 Å². The summed E-state index contributed by atoms with van der Waals surface area (Å²) < 4.78 is 2.15. The van der Waals surface area contributed by atoms with E-state index in [-0.39, 0.29) is 0 Å². The smallest absolute Gasteiger partial charge is 0.194 e. The van der Waals surface area contributed by atoms with E-state index in [1.54, 1.807) is 11.3 Å². The molecule has 2 nitrogen and oxygen atoms in total. The van der Waals surface area contributed by atoms with Crippen LogP contribution >= 0.6 is 11.3 Å². The molecule has 0 saturated carbocycles. The zero-order valence-corrected chi connectivity index (χ0v) is 10.8. The molecule has 3 rings (SSSR count). The van der Waals surface area contributed by atoms with Crippen LogP contribution in [0.2, 0.25) is 0 Å². The predicted octanol–water partition coefficient (Wildman–Crippen LogP) is 3.93. The SMILES string of the molecule is CCc1ccc(-c2cn3c(C)csc3n2)cc1. The first-order valence-corrected chi connectivity index (χ1v) is 6.68. The minimum absolute atomic E-state index is 1.06. The fraction of sp³-hybridized carbons (Fsp3) is 0.214. The number of aromatic nitrogens is 2. The van der Waals surface area contributed by atoms with Crippen LogP contribution in [0.3, 0.4) is 0 Å². The topological polar surface area (TPSA) is 17.3 Å². The molecule has 0 atom stereocenters. The van der Waals surface area contributed by atoms with Crippen molar-refractivity contribution in [2.75, 3.05) is 0 Å². The standard InChI is InChI=1S/C14H14N2S/c1-3-11-4-6-12(7-5-11)13-8-16-10(2)9-17-14(16)15-13/h4-9H,3H2,1-2H3. The summed E-state index contributed by atoms with van der Waals surface area (Å²) in [6.07, 6.45) is 3.19. The monoisotopic (exact) mass is 242 g/mol. The molecule has 1 aromatic carbocycles. The van der Waals surface area contributed by atoms with E-state index in [0.717, 1.165) is 17.1 Å². The van der Waals surface area contributed by atoms with Gasteiger partial charge in [-0.05, 0) is 18.9 Å². The first-order chi connectivity index (χ1) is 8.28. The third kappa shape index (κ3) is 1.76. The van der Waals surface area contributed by atoms with Gasteiger partial charge in [-0.25, -0.2) is 4.98 Å². The highest BCUT2D eigenvalue weighted by molar-refractivity contribution is 7.15. The van der Waals surface area contributed by atoms with Gasteiger partial charge in [0.05, 0.1) is 5.69 Å². The van der Waals surface area contributed by atoms with E-state index in [1.165, 1.54) is 16.8 Å². The summed E-state index contributed by atoms with van der Waals surface area (Å²) in [5.74, 6) is 0. The number of rotatable bonds is 2. The summed E-state index contributed by atoms with van der Waals surface area (Å²) in [7, 11) is 0. The second kappa shape index (κ2) is 4.00. The Balaban J connectivity index is 2.07. The van der Waals surface area contributed by atoms with Gasteiger partial charge in [0.25, 0.3) is 0 Å². The van der Waals surface area contributed by atoms with Gasteiger partial charge in [-0.2, -0.15) is 0 Å². The van der Waals surface area contributed by atoms with E-state index in [2.05, 4.69) is 59.1 Å². The zero-order valence-electron chi connectivity index (χ0n) is 9.97. The van der Waals surface area contributed by atoms with E-state index in [4.69, 9.17) is 0 Å². The van der Waals surface area contributed by atoms with Gasteiger partial charge in [0.1, 0.15) is 0 Å². The van der Waals surface area contributed by atoms with Crippen molar-refractivity contribution < 1.29 is 0 Å². The Morgan fingerprint density at radius 3 is 2.65 bits per heavy atom. The summed E-state index contributed by atoms with van der Waals surface area (Å²) in [5.41, 5.74) is 4.86. The summed E-state index contributed by atoms with van der Waals surface area (Å²) in [6.45, 7) is 4.28. The Hall–Kier alpha value is -1.61. The Bertz CT molecular complexity index is 646. The molecule has 0 aliphatic rings. The van der Waals surface area contributed by atoms with Crippen LogP contribution in [0.1, 0.15) is 18.2 Å². The number of aryl methyl sites for hydroxylation is 2. The van der Waals surface area contributed by atoms with Crippen LogP contribution < -0.4 is 0 Å². The molecule has 0 fully saturated rings. The molecule has 0 radical (unpaired) electrons. The molecule has 3 aromatic rings. The quantitative estimate of drug-likeness (QED) is 0.665. The van der Waals surface area contributed by atoms with Crippen LogP contribution in [0.4, 0.5) is 0 Å². The van der Waals surface area contributed by atoms with E-state index in [0.29, 0.717) is 0 Å². The van der Waals surface area contributed by atoms with Gasteiger partial charge < -0.3 is 0 Å². The Morgan fingerprint density at radius 1 is 1.24 bits per heavy atom. The van der Waals surface area contributed by atoms with Crippen LogP contribution in [0, 0.1) is 6.92 Å². The lowest BCUT2D eigenvalue weighted by Crippen LogP contribution is -1.81. The van der Waals surface area contributed by atoms with E-state index >= 15 is 0 Å². The second-order valence-electron chi connectivity index (χ2n) is 4.21. The van der Waals surface area contributed by atoms with Gasteiger partial charge in [-0.15, -0.1) is 11.3 Å². The first kappa shape index (κ1) is 10.5. The molecule has 0 aliphatic heterocycles. The molecule has 0 saturated heterocycles. The molecule has 3 heteroatoms. The summed E-state index contributed by atoms with van der Waals surface area (Å²) in [6, 6.07) is 8.66. The molecular weight excluding hydrogens is 228 g/mol. The van der Waals surface area contributed by atoms with Crippen LogP contribution in [0.15, 0.2) is 35.8 Å². The first-order valence-electron chi connectivity index (χ1n) is 5.80. The molecule has 0 N–H and O–H groups in total. The number of nitrogens with zero attached hydrogens (tertiary/aromatic N) is 2. The van der Waals surface area contributed by atoms with Gasteiger partial charge in [0.2, 0.25) is 0 Å². The highest BCUT2D eigenvalue weighted by atomic mass is 32.1. The molecule has 17 heavy (non-hydrogen) atoms. The van der Waals surface area contributed by atoms with Crippen LogP contribution in [0.5, 0.6) is 0 Å². The fourth-order valence-corrected chi connectivity index (χ4v) is 2.79. The maximum Gasteiger partial charge on any atom is 0.194 e. The van der Waals surface area contributed by atoms with Crippen LogP contribution in [-0.4, -0.2) is 9.38 Å². The van der Waals surface area contributed by atoms with Gasteiger partial charge in [-0.1, -0.05) is 31.2 Å². The van der Waals surface area contributed by atoms with Gasteiger partial charge in [-0.3, -0.25) is 4.40 Å². The zero-order chi connectivity index (χ0) is 11.8. The van der Waals surface area contributed by atoms with Crippen LogP contribution in [0.25, 0.3) is 16.2 Å². The fourth-order valence-electron chi connectivity index (χ4n) is 1.94. The molecule has 0 spiro atoms. The number of fused-ring (bicyclic) bond motifs is 1. The average molecular weight is 242 g/mol. The van der Waals surface area contributed by atoms with Crippen molar-refractivity contribution in [1.82, 2.24) is 9.38 Å². The molecule has 86 valence electrons. The van der Waals surface area contributed by atoms with Crippen molar-refractivity contribution in [3.05, 3.63) is 47.1 Å². The van der Waals surface area contributed by atoms with Crippen LogP contribution in [-0.2, 0) is 6.42 Å². The maximum atomic E-state index is 4.64.